The first-order valence-electron chi connectivity index (χ1n) is 4.54. The maximum absolute atomic E-state index is 11.7. The molecule has 0 aliphatic heterocycles. The van der Waals surface area contributed by atoms with Gasteiger partial charge in [0.15, 0.2) is 7.85 Å². The van der Waals surface area contributed by atoms with Crippen LogP contribution < -0.4 is 11.2 Å². The fraction of sp³-hybridized carbons (Fsp3) is 0.100. The maximum Gasteiger partial charge on any atom is 0.273 e. The van der Waals surface area contributed by atoms with Crippen molar-refractivity contribution >= 4 is 13.4 Å². The molecule has 4 heteroatoms. The van der Waals surface area contributed by atoms with Crippen molar-refractivity contribution in [3.8, 4) is 5.69 Å². The van der Waals surface area contributed by atoms with Gasteiger partial charge in [0.2, 0.25) is 0 Å². The van der Waals surface area contributed by atoms with Crippen LogP contribution in [-0.2, 0) is 0 Å². The summed E-state index contributed by atoms with van der Waals surface area (Å²) in [5.74, 6) is 0. The second-order valence-electron chi connectivity index (χ2n) is 3.34. The number of hydrogen-bond donors (Lipinski definition) is 1. The summed E-state index contributed by atoms with van der Waals surface area (Å²) in [6, 6.07) is 9.55. The predicted molar refractivity (Wildman–Crippen MR) is 59.3 cm³/mol. The van der Waals surface area contributed by atoms with E-state index in [9.17, 15) is 4.79 Å². The number of nitrogens with zero attached hydrogens (tertiary/aromatic N) is 1. The monoisotopic (exact) mass is 186 g/mol. The fourth-order valence-electron chi connectivity index (χ4n) is 1.39. The Kier molecular flexibility index (Phi) is 2.04. The number of rotatable bonds is 1. The van der Waals surface area contributed by atoms with Gasteiger partial charge in [-0.3, -0.25) is 4.79 Å². The zero-order valence-corrected chi connectivity index (χ0v) is 8.24. The Balaban J connectivity index is 2.64. The van der Waals surface area contributed by atoms with Gasteiger partial charge in [0.1, 0.15) is 0 Å². The van der Waals surface area contributed by atoms with Gasteiger partial charge in [0.05, 0.1) is 5.69 Å². The van der Waals surface area contributed by atoms with Crippen molar-refractivity contribution in [3.05, 3.63) is 46.2 Å². The molecule has 70 valence electrons. The highest BCUT2D eigenvalue weighted by Crippen LogP contribution is 2.01. The standard InChI is InChI=1S/C10H11BN2O/c1-7-9(11)12-13(10(7)14)8-5-3-2-4-6-8/h2-6,12H,11H2,1H3. The molecule has 2 rings (SSSR count). The van der Waals surface area contributed by atoms with E-state index >= 15 is 0 Å². The minimum Gasteiger partial charge on any atom is -0.305 e. The van der Waals surface area contributed by atoms with E-state index in [2.05, 4.69) is 5.10 Å². The van der Waals surface area contributed by atoms with Crippen molar-refractivity contribution in [1.82, 2.24) is 9.78 Å². The lowest BCUT2D eigenvalue weighted by Crippen LogP contribution is -2.15. The average Bonchev–Trinajstić information content (AvgIpc) is 2.47. The van der Waals surface area contributed by atoms with Crippen LogP contribution in [0, 0.1) is 6.92 Å². The second kappa shape index (κ2) is 3.22. The maximum atomic E-state index is 11.7. The summed E-state index contributed by atoms with van der Waals surface area (Å²) in [6.45, 7) is 1.83. The van der Waals surface area contributed by atoms with Crippen molar-refractivity contribution in [2.75, 3.05) is 0 Å². The molecule has 3 nitrogen and oxygen atoms in total. The van der Waals surface area contributed by atoms with Gasteiger partial charge in [0, 0.05) is 5.56 Å². The molecule has 0 atom stereocenters. The lowest BCUT2D eigenvalue weighted by molar-refractivity contribution is 0.856. The first kappa shape index (κ1) is 8.87. The number of hydrogen-bond acceptors (Lipinski definition) is 1. The molecule has 1 aromatic heterocycles. The van der Waals surface area contributed by atoms with Crippen LogP contribution in [0.25, 0.3) is 5.69 Å². The highest BCUT2D eigenvalue weighted by atomic mass is 16.1. The predicted octanol–water partition coefficient (Wildman–Crippen LogP) is -0.268. The van der Waals surface area contributed by atoms with Crippen molar-refractivity contribution < 1.29 is 0 Å². The summed E-state index contributed by atoms with van der Waals surface area (Å²) in [5.41, 5.74) is 2.58. The summed E-state index contributed by atoms with van der Waals surface area (Å²) in [4.78, 5) is 11.7. The fourth-order valence-corrected chi connectivity index (χ4v) is 1.39. The molecule has 0 unspecified atom stereocenters. The zero-order valence-electron chi connectivity index (χ0n) is 8.24. The van der Waals surface area contributed by atoms with E-state index in [1.807, 2.05) is 45.1 Å². The zero-order chi connectivity index (χ0) is 10.1. The molecule has 0 amide bonds. The van der Waals surface area contributed by atoms with E-state index in [1.165, 1.54) is 0 Å². The normalized spacial score (nSPS) is 10.4. The molecule has 0 saturated carbocycles. The average molecular weight is 186 g/mol. The molecule has 0 spiro atoms. The Morgan fingerprint density at radius 3 is 2.43 bits per heavy atom. The Hall–Kier alpha value is -1.71. The largest absolute Gasteiger partial charge is 0.305 e. The molecular weight excluding hydrogens is 175 g/mol. The van der Waals surface area contributed by atoms with Gasteiger partial charge in [-0.2, -0.15) is 0 Å². The van der Waals surface area contributed by atoms with E-state index in [0.717, 1.165) is 16.8 Å². The molecule has 0 saturated heterocycles. The minimum absolute atomic E-state index is 0.0219. The van der Waals surface area contributed by atoms with Gasteiger partial charge < -0.3 is 5.10 Å². The number of aromatic nitrogens is 2. The van der Waals surface area contributed by atoms with Crippen molar-refractivity contribution in [2.24, 2.45) is 0 Å². The Bertz CT molecular complexity index is 499. The van der Waals surface area contributed by atoms with Gasteiger partial charge in [-0.1, -0.05) is 18.2 Å². The third kappa shape index (κ3) is 1.29. The third-order valence-electron chi connectivity index (χ3n) is 2.38. The van der Waals surface area contributed by atoms with E-state index < -0.39 is 0 Å². The number of benzene rings is 1. The molecule has 0 bridgehead atoms. The lowest BCUT2D eigenvalue weighted by Gasteiger charge is -1.99. The molecule has 1 N–H and O–H groups in total. The minimum atomic E-state index is 0.0219. The van der Waals surface area contributed by atoms with Gasteiger partial charge in [-0.25, -0.2) is 4.68 Å². The van der Waals surface area contributed by atoms with Crippen LogP contribution in [0.1, 0.15) is 5.56 Å². The molecule has 0 aliphatic rings. The van der Waals surface area contributed by atoms with Crippen LogP contribution in [0.2, 0.25) is 0 Å². The van der Waals surface area contributed by atoms with Crippen LogP contribution in [-0.4, -0.2) is 17.6 Å². The van der Waals surface area contributed by atoms with Crippen molar-refractivity contribution in [3.63, 3.8) is 0 Å². The number of aromatic amines is 1. The Morgan fingerprint density at radius 1 is 1.29 bits per heavy atom. The summed E-state index contributed by atoms with van der Waals surface area (Å²) < 4.78 is 1.56. The number of H-pyrrole nitrogens is 1. The van der Waals surface area contributed by atoms with Gasteiger partial charge >= 0.3 is 0 Å². The molecule has 2 aromatic rings. The van der Waals surface area contributed by atoms with Crippen LogP contribution in [0.15, 0.2) is 35.1 Å². The third-order valence-corrected chi connectivity index (χ3v) is 2.38. The van der Waals surface area contributed by atoms with Crippen molar-refractivity contribution in [2.45, 2.75) is 6.92 Å². The van der Waals surface area contributed by atoms with E-state index in [1.54, 1.807) is 4.68 Å². The lowest BCUT2D eigenvalue weighted by atomic mass is 10.0. The smallest absolute Gasteiger partial charge is 0.273 e. The first-order chi connectivity index (χ1) is 6.70. The molecule has 14 heavy (non-hydrogen) atoms. The van der Waals surface area contributed by atoms with Crippen LogP contribution in [0.3, 0.4) is 0 Å². The molecule has 0 radical (unpaired) electrons. The Labute approximate surface area is 82.8 Å². The molecular formula is C10H11BN2O. The van der Waals surface area contributed by atoms with Gasteiger partial charge in [-0.15, -0.1) is 0 Å². The summed E-state index contributed by atoms with van der Waals surface area (Å²) >= 11 is 0. The highest BCUT2D eigenvalue weighted by molar-refractivity contribution is 6.31. The molecule has 0 fully saturated rings. The first-order valence-corrected chi connectivity index (χ1v) is 4.54. The topological polar surface area (TPSA) is 37.8 Å². The molecule has 1 heterocycles. The summed E-state index contributed by atoms with van der Waals surface area (Å²) in [5, 5.41) is 3.03. The SMILES string of the molecule is Bc1[nH]n(-c2ccccc2)c(=O)c1C. The van der Waals surface area contributed by atoms with Crippen LogP contribution in [0.5, 0.6) is 0 Å². The van der Waals surface area contributed by atoms with Crippen molar-refractivity contribution in [1.29, 1.82) is 0 Å². The van der Waals surface area contributed by atoms with E-state index in [4.69, 9.17) is 0 Å². The summed E-state index contributed by atoms with van der Waals surface area (Å²) in [6.07, 6.45) is 0. The second-order valence-corrected chi connectivity index (χ2v) is 3.34. The van der Waals surface area contributed by atoms with Gasteiger partial charge in [0.25, 0.3) is 5.56 Å². The Morgan fingerprint density at radius 2 is 1.93 bits per heavy atom. The van der Waals surface area contributed by atoms with Crippen LogP contribution in [0.4, 0.5) is 0 Å². The van der Waals surface area contributed by atoms with Crippen LogP contribution >= 0.6 is 0 Å². The number of nitrogens with one attached hydrogen (secondary N) is 1. The highest BCUT2D eigenvalue weighted by Gasteiger charge is 2.06. The van der Waals surface area contributed by atoms with E-state index in [-0.39, 0.29) is 5.56 Å². The summed E-state index contributed by atoms with van der Waals surface area (Å²) in [7, 11) is 1.90. The van der Waals surface area contributed by atoms with E-state index in [0.29, 0.717) is 0 Å². The molecule has 0 aliphatic carbocycles. The number of para-hydroxylation sites is 1. The molecule has 1 aromatic carbocycles. The van der Waals surface area contributed by atoms with Gasteiger partial charge in [-0.05, 0) is 24.6 Å². The quantitative estimate of drug-likeness (QED) is 0.611.